The highest BCUT2D eigenvalue weighted by Gasteiger charge is 2.29. The maximum Gasteiger partial charge on any atom is 0.249 e. The topological polar surface area (TPSA) is 32.3 Å². The van der Waals surface area contributed by atoms with Gasteiger partial charge in [0.05, 0.1) is 11.4 Å². The molecule has 3 rings (SSSR count). The zero-order valence-corrected chi connectivity index (χ0v) is 11.8. The molecule has 2 aromatic carbocycles. The highest BCUT2D eigenvalue weighted by molar-refractivity contribution is 6.04. The van der Waals surface area contributed by atoms with E-state index in [1.165, 1.54) is 11.1 Å². The van der Waals surface area contributed by atoms with Gasteiger partial charge in [0.15, 0.2) is 0 Å². The molecule has 1 atom stereocenters. The van der Waals surface area contributed by atoms with E-state index >= 15 is 0 Å². The molecule has 3 nitrogen and oxygen atoms in total. The highest BCUT2D eigenvalue weighted by atomic mass is 16.2. The number of amides is 1. The molecule has 1 aliphatic heterocycles. The van der Waals surface area contributed by atoms with Gasteiger partial charge in [0.2, 0.25) is 5.91 Å². The molecule has 2 aromatic rings. The van der Waals surface area contributed by atoms with Crippen molar-refractivity contribution in [3.8, 4) is 0 Å². The quantitative estimate of drug-likeness (QED) is 0.906. The molecule has 20 heavy (non-hydrogen) atoms. The molecular weight excluding hydrogens is 248 g/mol. The Morgan fingerprint density at radius 2 is 1.95 bits per heavy atom. The fourth-order valence-electron chi connectivity index (χ4n) is 2.70. The predicted octanol–water partition coefficient (Wildman–Crippen LogP) is 2.99. The Morgan fingerprint density at radius 1 is 1.15 bits per heavy atom. The largest absolute Gasteiger partial charge is 0.372 e. The van der Waals surface area contributed by atoms with Gasteiger partial charge in [0.25, 0.3) is 0 Å². The van der Waals surface area contributed by atoms with Crippen LogP contribution in [0.5, 0.6) is 0 Å². The number of anilines is 2. The van der Waals surface area contributed by atoms with Crippen molar-refractivity contribution in [3.63, 3.8) is 0 Å². The number of nitrogens with one attached hydrogen (secondary N) is 1. The highest BCUT2D eigenvalue weighted by Crippen LogP contribution is 2.30. The third kappa shape index (κ3) is 2.27. The van der Waals surface area contributed by atoms with Crippen molar-refractivity contribution in [3.05, 3.63) is 59.7 Å². The second kappa shape index (κ2) is 5.00. The molecule has 0 fully saturated rings. The molecule has 0 radical (unpaired) electrons. The van der Waals surface area contributed by atoms with E-state index in [0.29, 0.717) is 6.42 Å². The number of fused-ring (bicyclic) bond motifs is 1. The first-order valence-corrected chi connectivity index (χ1v) is 6.84. The second-order valence-electron chi connectivity index (χ2n) is 5.30. The number of rotatable bonds is 2. The van der Waals surface area contributed by atoms with Gasteiger partial charge in [-0.1, -0.05) is 42.0 Å². The molecule has 1 N–H and O–H groups in total. The summed E-state index contributed by atoms with van der Waals surface area (Å²) in [6.07, 6.45) is 0.708. The third-order valence-electron chi connectivity index (χ3n) is 3.75. The van der Waals surface area contributed by atoms with Crippen LogP contribution in [0.3, 0.4) is 0 Å². The minimum absolute atomic E-state index is 0.116. The molecular formula is C17H18N2O. The van der Waals surface area contributed by atoms with Gasteiger partial charge >= 0.3 is 0 Å². The standard InChI is InChI=1S/C17H18N2O/c1-12-6-5-7-13(10-12)11-15-17(20)19(2)16-9-4-3-8-14(16)18-15/h3-10,15,18H,11H2,1-2H3/t15-/m0/s1. The summed E-state index contributed by atoms with van der Waals surface area (Å²) in [6.45, 7) is 2.07. The lowest BCUT2D eigenvalue weighted by molar-refractivity contribution is -0.119. The molecule has 1 heterocycles. The Hall–Kier alpha value is -2.29. The minimum Gasteiger partial charge on any atom is -0.372 e. The second-order valence-corrected chi connectivity index (χ2v) is 5.30. The van der Waals surface area contributed by atoms with Crippen LogP contribution < -0.4 is 10.2 Å². The number of benzene rings is 2. The van der Waals surface area contributed by atoms with Gasteiger partial charge in [-0.3, -0.25) is 4.79 Å². The van der Waals surface area contributed by atoms with Crippen LogP contribution in [-0.4, -0.2) is 19.0 Å². The van der Waals surface area contributed by atoms with E-state index in [-0.39, 0.29) is 11.9 Å². The van der Waals surface area contributed by atoms with Gasteiger partial charge in [-0.05, 0) is 24.6 Å². The molecule has 0 saturated heterocycles. The van der Waals surface area contributed by atoms with Crippen LogP contribution in [0.1, 0.15) is 11.1 Å². The minimum atomic E-state index is -0.198. The molecule has 0 saturated carbocycles. The fraction of sp³-hybridized carbons (Fsp3) is 0.235. The van der Waals surface area contributed by atoms with Crippen LogP contribution in [0.25, 0.3) is 0 Å². The molecule has 102 valence electrons. The number of hydrogen-bond acceptors (Lipinski definition) is 2. The van der Waals surface area contributed by atoms with Crippen LogP contribution in [0.4, 0.5) is 11.4 Å². The van der Waals surface area contributed by atoms with E-state index in [2.05, 4.69) is 30.4 Å². The Kier molecular flexibility index (Phi) is 3.18. The number of likely N-dealkylation sites (N-methyl/N-ethyl adjacent to an activating group) is 1. The molecule has 0 aliphatic carbocycles. The summed E-state index contributed by atoms with van der Waals surface area (Å²) in [6, 6.07) is 16.0. The molecule has 1 aliphatic rings. The van der Waals surface area contributed by atoms with Crippen molar-refractivity contribution in [1.82, 2.24) is 0 Å². The maximum absolute atomic E-state index is 12.4. The average molecular weight is 266 g/mol. The van der Waals surface area contributed by atoms with Crippen LogP contribution in [0, 0.1) is 6.92 Å². The van der Waals surface area contributed by atoms with Crippen LogP contribution in [-0.2, 0) is 11.2 Å². The summed E-state index contributed by atoms with van der Waals surface area (Å²) in [5.74, 6) is 0.116. The predicted molar refractivity (Wildman–Crippen MR) is 82.1 cm³/mol. The first-order chi connectivity index (χ1) is 9.65. The molecule has 0 bridgehead atoms. The van der Waals surface area contributed by atoms with Crippen molar-refractivity contribution in [2.75, 3.05) is 17.3 Å². The van der Waals surface area contributed by atoms with E-state index in [1.807, 2.05) is 37.4 Å². The average Bonchev–Trinajstić information content (AvgIpc) is 2.45. The van der Waals surface area contributed by atoms with E-state index in [0.717, 1.165) is 11.4 Å². The van der Waals surface area contributed by atoms with Crippen molar-refractivity contribution >= 4 is 17.3 Å². The lowest BCUT2D eigenvalue weighted by Gasteiger charge is -2.33. The van der Waals surface area contributed by atoms with Crippen molar-refractivity contribution in [2.45, 2.75) is 19.4 Å². The molecule has 3 heteroatoms. The summed E-state index contributed by atoms with van der Waals surface area (Å²) in [5, 5.41) is 3.35. The fourth-order valence-corrected chi connectivity index (χ4v) is 2.70. The summed E-state index contributed by atoms with van der Waals surface area (Å²) < 4.78 is 0. The summed E-state index contributed by atoms with van der Waals surface area (Å²) in [7, 11) is 1.84. The summed E-state index contributed by atoms with van der Waals surface area (Å²) in [5.41, 5.74) is 4.37. The van der Waals surface area contributed by atoms with Crippen LogP contribution in [0.15, 0.2) is 48.5 Å². The smallest absolute Gasteiger partial charge is 0.249 e. The van der Waals surface area contributed by atoms with Gasteiger partial charge in [0.1, 0.15) is 6.04 Å². The number of nitrogens with zero attached hydrogens (tertiary/aromatic N) is 1. The molecule has 1 amide bonds. The van der Waals surface area contributed by atoms with Crippen molar-refractivity contribution in [1.29, 1.82) is 0 Å². The molecule has 0 unspecified atom stereocenters. The van der Waals surface area contributed by atoms with Gasteiger partial charge in [0, 0.05) is 13.5 Å². The van der Waals surface area contributed by atoms with Crippen LogP contribution >= 0.6 is 0 Å². The van der Waals surface area contributed by atoms with Gasteiger partial charge in [-0.25, -0.2) is 0 Å². The van der Waals surface area contributed by atoms with Gasteiger partial charge in [-0.2, -0.15) is 0 Å². The lowest BCUT2D eigenvalue weighted by atomic mass is 10.0. The maximum atomic E-state index is 12.4. The SMILES string of the molecule is Cc1cccc(C[C@@H]2Nc3ccccc3N(C)C2=O)c1. The number of hydrogen-bond donors (Lipinski definition) is 1. The Balaban J connectivity index is 1.87. The van der Waals surface area contributed by atoms with Crippen molar-refractivity contribution < 1.29 is 4.79 Å². The number of carbonyl (C=O) groups is 1. The Morgan fingerprint density at radius 3 is 2.75 bits per heavy atom. The van der Waals surface area contributed by atoms with Crippen molar-refractivity contribution in [2.24, 2.45) is 0 Å². The monoisotopic (exact) mass is 266 g/mol. The van der Waals surface area contributed by atoms with E-state index in [4.69, 9.17) is 0 Å². The zero-order valence-electron chi connectivity index (χ0n) is 11.8. The third-order valence-corrected chi connectivity index (χ3v) is 3.75. The van der Waals surface area contributed by atoms with E-state index in [9.17, 15) is 4.79 Å². The number of para-hydroxylation sites is 2. The van der Waals surface area contributed by atoms with Crippen LogP contribution in [0.2, 0.25) is 0 Å². The van der Waals surface area contributed by atoms with E-state index in [1.54, 1.807) is 4.90 Å². The molecule has 0 spiro atoms. The molecule has 0 aromatic heterocycles. The zero-order chi connectivity index (χ0) is 14.1. The Bertz CT molecular complexity index is 651. The van der Waals surface area contributed by atoms with Gasteiger partial charge in [-0.15, -0.1) is 0 Å². The normalized spacial score (nSPS) is 17.6. The first kappa shape index (κ1) is 12.7. The Labute approximate surface area is 119 Å². The lowest BCUT2D eigenvalue weighted by Crippen LogP contribution is -2.46. The number of carbonyl (C=O) groups excluding carboxylic acids is 1. The first-order valence-electron chi connectivity index (χ1n) is 6.84. The van der Waals surface area contributed by atoms with Gasteiger partial charge < -0.3 is 10.2 Å². The summed E-state index contributed by atoms with van der Waals surface area (Å²) >= 11 is 0. The van der Waals surface area contributed by atoms with E-state index < -0.39 is 0 Å². The summed E-state index contributed by atoms with van der Waals surface area (Å²) in [4.78, 5) is 14.2. The number of aryl methyl sites for hydroxylation is 1.